The van der Waals surface area contributed by atoms with Crippen molar-refractivity contribution in [3.05, 3.63) is 11.8 Å². The Morgan fingerprint density at radius 3 is 2.82 bits per heavy atom. The molecule has 2 aliphatic rings. The van der Waals surface area contributed by atoms with Gasteiger partial charge < -0.3 is 14.5 Å². The molecule has 1 aromatic rings. The van der Waals surface area contributed by atoms with Gasteiger partial charge in [0.1, 0.15) is 0 Å². The fourth-order valence-electron chi connectivity index (χ4n) is 2.55. The summed E-state index contributed by atoms with van der Waals surface area (Å²) in [5, 5.41) is 11.8. The maximum atomic E-state index is 5.87. The molecule has 94 valence electrons. The lowest BCUT2D eigenvalue weighted by Crippen LogP contribution is -2.31. The van der Waals surface area contributed by atoms with Crippen LogP contribution in [0.15, 0.2) is 4.42 Å². The smallest absolute Gasteiger partial charge is 0.233 e. The van der Waals surface area contributed by atoms with Crippen LogP contribution in [0.2, 0.25) is 0 Å². The van der Waals surface area contributed by atoms with Crippen LogP contribution in [0.1, 0.15) is 50.4 Å². The highest BCUT2D eigenvalue weighted by molar-refractivity contribution is 5.04. The molecule has 1 N–H and O–H groups in total. The van der Waals surface area contributed by atoms with Gasteiger partial charge in [-0.2, -0.15) is 0 Å². The Kier molecular flexibility index (Phi) is 2.88. The minimum atomic E-state index is 0.00209. The van der Waals surface area contributed by atoms with Gasteiger partial charge >= 0.3 is 0 Å². The van der Waals surface area contributed by atoms with E-state index < -0.39 is 0 Å². The molecule has 2 aliphatic heterocycles. The van der Waals surface area contributed by atoms with Gasteiger partial charge in [0.15, 0.2) is 0 Å². The molecule has 1 atom stereocenters. The molecule has 0 amide bonds. The third-order valence-electron chi connectivity index (χ3n) is 3.91. The third-order valence-corrected chi connectivity index (χ3v) is 3.91. The monoisotopic (exact) mass is 237 g/mol. The van der Waals surface area contributed by atoms with Gasteiger partial charge in [-0.1, -0.05) is 6.92 Å². The zero-order valence-electron chi connectivity index (χ0n) is 10.2. The number of hydrogen-bond acceptors (Lipinski definition) is 5. The maximum absolute atomic E-state index is 5.87. The summed E-state index contributed by atoms with van der Waals surface area (Å²) in [4.78, 5) is 0. The van der Waals surface area contributed by atoms with Gasteiger partial charge in [0.25, 0.3) is 0 Å². The van der Waals surface area contributed by atoms with Gasteiger partial charge in [0.05, 0.1) is 11.5 Å². The zero-order valence-corrected chi connectivity index (χ0v) is 10.2. The lowest BCUT2D eigenvalue weighted by Gasteiger charge is -2.29. The number of rotatable bonds is 2. The van der Waals surface area contributed by atoms with Gasteiger partial charge in [-0.3, -0.25) is 0 Å². The van der Waals surface area contributed by atoms with E-state index in [1.807, 2.05) is 0 Å². The first-order valence-corrected chi connectivity index (χ1v) is 6.43. The van der Waals surface area contributed by atoms with Crippen molar-refractivity contribution in [1.82, 2.24) is 15.5 Å². The normalized spacial score (nSPS) is 28.4. The zero-order chi connectivity index (χ0) is 11.7. The van der Waals surface area contributed by atoms with Crippen molar-refractivity contribution in [3.8, 4) is 0 Å². The molecule has 1 aromatic heterocycles. The van der Waals surface area contributed by atoms with Crippen molar-refractivity contribution in [3.63, 3.8) is 0 Å². The average Bonchev–Trinajstić information content (AvgIpc) is 3.01. The van der Waals surface area contributed by atoms with Crippen LogP contribution in [-0.2, 0) is 10.2 Å². The summed E-state index contributed by atoms with van der Waals surface area (Å²) >= 11 is 0. The molecule has 5 nitrogen and oxygen atoms in total. The van der Waals surface area contributed by atoms with Gasteiger partial charge in [-0.05, 0) is 32.2 Å². The lowest BCUT2D eigenvalue weighted by atomic mass is 9.82. The number of nitrogens with one attached hydrogen (secondary N) is 1. The average molecular weight is 237 g/mol. The summed E-state index contributed by atoms with van der Waals surface area (Å²) in [6.45, 7) is 4.81. The van der Waals surface area contributed by atoms with E-state index >= 15 is 0 Å². The molecule has 0 aliphatic carbocycles. The Labute approximate surface area is 101 Å². The van der Waals surface area contributed by atoms with Gasteiger partial charge in [0.2, 0.25) is 11.8 Å². The Bertz CT molecular complexity index is 379. The summed E-state index contributed by atoms with van der Waals surface area (Å²) in [5.74, 6) is 1.54. The van der Waals surface area contributed by atoms with E-state index in [0.29, 0.717) is 0 Å². The molecular formula is C12H19N3O2. The van der Waals surface area contributed by atoms with Crippen LogP contribution < -0.4 is 5.32 Å². The minimum absolute atomic E-state index is 0.00209. The summed E-state index contributed by atoms with van der Waals surface area (Å²) in [6, 6.07) is 0.264. The fourth-order valence-corrected chi connectivity index (χ4v) is 2.55. The summed E-state index contributed by atoms with van der Waals surface area (Å²) < 4.78 is 11.3. The lowest BCUT2D eigenvalue weighted by molar-refractivity contribution is 0.0463. The molecule has 5 heteroatoms. The van der Waals surface area contributed by atoms with Crippen LogP contribution in [0, 0.1) is 0 Å². The minimum Gasteiger partial charge on any atom is -0.423 e. The summed E-state index contributed by atoms with van der Waals surface area (Å²) in [5.41, 5.74) is 0.00209. The highest BCUT2D eigenvalue weighted by atomic mass is 16.5. The first kappa shape index (κ1) is 11.2. The molecule has 2 fully saturated rings. The summed E-state index contributed by atoms with van der Waals surface area (Å²) in [7, 11) is 0. The first-order chi connectivity index (χ1) is 8.28. The Balaban J connectivity index is 1.78. The number of ether oxygens (including phenoxy) is 1. The van der Waals surface area contributed by atoms with Crippen molar-refractivity contribution >= 4 is 0 Å². The van der Waals surface area contributed by atoms with Crippen LogP contribution in [0.25, 0.3) is 0 Å². The first-order valence-electron chi connectivity index (χ1n) is 6.43. The second-order valence-electron chi connectivity index (χ2n) is 5.27. The van der Waals surface area contributed by atoms with Crippen molar-refractivity contribution in [1.29, 1.82) is 0 Å². The molecule has 1 unspecified atom stereocenters. The largest absolute Gasteiger partial charge is 0.423 e. The molecule has 2 saturated heterocycles. The van der Waals surface area contributed by atoms with Crippen LogP contribution in [0.4, 0.5) is 0 Å². The van der Waals surface area contributed by atoms with Crippen LogP contribution in [0.3, 0.4) is 0 Å². The van der Waals surface area contributed by atoms with Crippen molar-refractivity contribution in [2.45, 2.75) is 44.1 Å². The van der Waals surface area contributed by atoms with Crippen molar-refractivity contribution in [2.24, 2.45) is 0 Å². The number of nitrogens with zero attached hydrogens (tertiary/aromatic N) is 2. The SMILES string of the molecule is CC1(c2nnc(C3CCCN3)o2)CCOCC1. The predicted octanol–water partition coefficient (Wildman–Crippen LogP) is 1.56. The molecule has 0 aromatic carbocycles. The maximum Gasteiger partial charge on any atom is 0.233 e. The number of aromatic nitrogens is 2. The third kappa shape index (κ3) is 2.09. The second kappa shape index (κ2) is 4.38. The molecule has 17 heavy (non-hydrogen) atoms. The van der Waals surface area contributed by atoms with Crippen molar-refractivity contribution in [2.75, 3.05) is 19.8 Å². The molecule has 3 heterocycles. The van der Waals surface area contributed by atoms with Crippen molar-refractivity contribution < 1.29 is 9.15 Å². The highest BCUT2D eigenvalue weighted by Crippen LogP contribution is 2.34. The molecule has 0 radical (unpaired) electrons. The van der Waals surface area contributed by atoms with Crippen LogP contribution in [0.5, 0.6) is 0 Å². The van der Waals surface area contributed by atoms with E-state index in [1.165, 1.54) is 6.42 Å². The summed E-state index contributed by atoms with van der Waals surface area (Å²) in [6.07, 6.45) is 4.22. The molecule has 3 rings (SSSR count). The topological polar surface area (TPSA) is 60.2 Å². The van der Waals surface area contributed by atoms with E-state index in [1.54, 1.807) is 0 Å². The standard InChI is InChI=1S/C12H19N3O2/c1-12(4-7-16-8-5-12)11-15-14-10(17-11)9-3-2-6-13-9/h9,13H,2-8H2,1H3. The van der Waals surface area contributed by atoms with E-state index in [2.05, 4.69) is 22.4 Å². The Morgan fingerprint density at radius 2 is 2.12 bits per heavy atom. The number of hydrogen-bond donors (Lipinski definition) is 1. The highest BCUT2D eigenvalue weighted by Gasteiger charge is 2.35. The van der Waals surface area contributed by atoms with Crippen LogP contribution in [-0.4, -0.2) is 30.0 Å². The van der Waals surface area contributed by atoms with Gasteiger partial charge in [0, 0.05) is 13.2 Å². The van der Waals surface area contributed by atoms with E-state index in [4.69, 9.17) is 9.15 Å². The van der Waals surface area contributed by atoms with Crippen LogP contribution >= 0.6 is 0 Å². The van der Waals surface area contributed by atoms with Gasteiger partial charge in [-0.15, -0.1) is 10.2 Å². The quantitative estimate of drug-likeness (QED) is 0.846. The molecule has 0 bridgehead atoms. The van der Waals surface area contributed by atoms with Gasteiger partial charge in [-0.25, -0.2) is 0 Å². The predicted molar refractivity (Wildman–Crippen MR) is 61.7 cm³/mol. The Morgan fingerprint density at radius 1 is 1.29 bits per heavy atom. The Hall–Kier alpha value is -0.940. The fraction of sp³-hybridized carbons (Fsp3) is 0.833. The van der Waals surface area contributed by atoms with E-state index in [0.717, 1.165) is 50.8 Å². The van der Waals surface area contributed by atoms with E-state index in [9.17, 15) is 0 Å². The second-order valence-corrected chi connectivity index (χ2v) is 5.27. The molecule has 0 spiro atoms. The van der Waals surface area contributed by atoms with E-state index in [-0.39, 0.29) is 11.5 Å². The molecule has 0 saturated carbocycles. The molecular weight excluding hydrogens is 218 g/mol.